The van der Waals surface area contributed by atoms with E-state index < -0.39 is 4.92 Å². The van der Waals surface area contributed by atoms with Gasteiger partial charge in [-0.2, -0.15) is 5.11 Å². The van der Waals surface area contributed by atoms with Gasteiger partial charge >= 0.3 is 0 Å². The highest BCUT2D eigenvalue weighted by atomic mass is 16.6. The number of nitro benzene ring substituents is 1. The number of rotatable bonds is 5. The van der Waals surface area contributed by atoms with Gasteiger partial charge in [-0.25, -0.2) is 0 Å². The van der Waals surface area contributed by atoms with Crippen molar-refractivity contribution in [3.8, 4) is 5.75 Å². The standard InChI is InChI=1S/C20H25N3O3/c1-19(2,3)13-20(4,5)15-12-14(10-11-18(15)24)21-22-16-8-6-7-9-17(16)23(25)26/h6-12,24H,13H2,1-5H3. The molecule has 0 aliphatic rings. The van der Waals surface area contributed by atoms with E-state index >= 15 is 0 Å². The van der Waals surface area contributed by atoms with Crippen molar-refractivity contribution in [3.63, 3.8) is 0 Å². The van der Waals surface area contributed by atoms with Crippen LogP contribution in [0.15, 0.2) is 52.7 Å². The number of hydrogen-bond donors (Lipinski definition) is 1. The van der Waals surface area contributed by atoms with Crippen LogP contribution >= 0.6 is 0 Å². The number of nitrogens with zero attached hydrogens (tertiary/aromatic N) is 3. The second-order valence-electron chi connectivity index (χ2n) is 8.27. The Kier molecular flexibility index (Phi) is 5.44. The molecule has 0 aliphatic heterocycles. The molecule has 0 heterocycles. The van der Waals surface area contributed by atoms with E-state index in [2.05, 4.69) is 44.8 Å². The summed E-state index contributed by atoms with van der Waals surface area (Å²) in [5.74, 6) is 0.212. The van der Waals surface area contributed by atoms with E-state index in [1.165, 1.54) is 6.07 Å². The Labute approximate surface area is 153 Å². The molecular formula is C20H25N3O3. The highest BCUT2D eigenvalue weighted by Crippen LogP contribution is 2.41. The minimum absolute atomic E-state index is 0.0942. The van der Waals surface area contributed by atoms with Crippen LogP contribution in [-0.4, -0.2) is 10.0 Å². The Balaban J connectivity index is 2.37. The molecule has 0 fully saturated rings. The third-order valence-corrected chi connectivity index (χ3v) is 4.03. The molecule has 2 rings (SSSR count). The van der Waals surface area contributed by atoms with Crippen LogP contribution in [0.3, 0.4) is 0 Å². The van der Waals surface area contributed by atoms with Crippen molar-refractivity contribution >= 4 is 17.1 Å². The molecule has 0 saturated heterocycles. The highest BCUT2D eigenvalue weighted by molar-refractivity contribution is 5.57. The van der Waals surface area contributed by atoms with Crippen LogP contribution in [0.2, 0.25) is 0 Å². The number of phenolic OH excluding ortho intramolecular Hbond substituents is 1. The van der Waals surface area contributed by atoms with E-state index in [1.807, 2.05) is 0 Å². The molecule has 26 heavy (non-hydrogen) atoms. The van der Waals surface area contributed by atoms with Crippen molar-refractivity contribution in [2.24, 2.45) is 15.6 Å². The molecule has 138 valence electrons. The Morgan fingerprint density at radius 3 is 2.31 bits per heavy atom. The summed E-state index contributed by atoms with van der Waals surface area (Å²) in [5, 5.41) is 29.5. The Morgan fingerprint density at radius 1 is 1.04 bits per heavy atom. The number of aromatic hydroxyl groups is 1. The zero-order valence-corrected chi connectivity index (χ0v) is 15.9. The Morgan fingerprint density at radius 2 is 1.69 bits per heavy atom. The third-order valence-electron chi connectivity index (χ3n) is 4.03. The number of nitro groups is 1. The first kappa shape index (κ1) is 19.6. The third kappa shape index (κ3) is 4.88. The fourth-order valence-electron chi connectivity index (χ4n) is 3.36. The van der Waals surface area contributed by atoms with Crippen LogP contribution in [0.4, 0.5) is 17.1 Å². The normalized spacial score (nSPS) is 12.5. The minimum Gasteiger partial charge on any atom is -0.508 e. The molecule has 0 radical (unpaired) electrons. The monoisotopic (exact) mass is 355 g/mol. The molecule has 1 N–H and O–H groups in total. The molecule has 2 aromatic rings. The molecule has 0 spiro atoms. The summed E-state index contributed by atoms with van der Waals surface area (Å²) in [7, 11) is 0. The molecule has 6 nitrogen and oxygen atoms in total. The molecule has 0 atom stereocenters. The Hall–Kier alpha value is -2.76. The SMILES string of the molecule is CC(C)(C)CC(C)(C)c1cc(N=Nc2ccccc2[N+](=O)[O-])ccc1O. The smallest absolute Gasteiger partial charge is 0.296 e. The highest BCUT2D eigenvalue weighted by Gasteiger charge is 2.29. The lowest BCUT2D eigenvalue weighted by Crippen LogP contribution is -2.24. The van der Waals surface area contributed by atoms with Crippen molar-refractivity contribution in [1.29, 1.82) is 0 Å². The van der Waals surface area contributed by atoms with E-state index in [4.69, 9.17) is 0 Å². The van der Waals surface area contributed by atoms with Crippen molar-refractivity contribution in [2.45, 2.75) is 46.5 Å². The van der Waals surface area contributed by atoms with E-state index in [9.17, 15) is 15.2 Å². The van der Waals surface area contributed by atoms with E-state index in [0.29, 0.717) is 5.69 Å². The summed E-state index contributed by atoms with van der Waals surface area (Å²) in [6.07, 6.45) is 0.873. The fourth-order valence-corrected chi connectivity index (χ4v) is 3.36. The van der Waals surface area contributed by atoms with Gasteiger partial charge in [-0.1, -0.05) is 46.8 Å². The van der Waals surface area contributed by atoms with E-state index in [-0.39, 0.29) is 28.0 Å². The number of para-hydroxylation sites is 1. The number of hydrogen-bond acceptors (Lipinski definition) is 5. The number of azo groups is 1. The minimum atomic E-state index is -0.483. The lowest BCUT2D eigenvalue weighted by Gasteiger charge is -2.33. The quantitative estimate of drug-likeness (QED) is 0.381. The van der Waals surface area contributed by atoms with Crippen LogP contribution in [0.5, 0.6) is 5.75 Å². The maximum absolute atomic E-state index is 11.1. The maximum atomic E-state index is 11.1. The molecule has 2 aromatic carbocycles. The topological polar surface area (TPSA) is 88.1 Å². The zero-order chi connectivity index (χ0) is 19.5. The van der Waals surface area contributed by atoms with Crippen molar-refractivity contribution in [2.75, 3.05) is 0 Å². The second kappa shape index (κ2) is 7.23. The van der Waals surface area contributed by atoms with Crippen LogP contribution in [0.1, 0.15) is 46.6 Å². The zero-order valence-electron chi connectivity index (χ0n) is 15.9. The lowest BCUT2D eigenvalue weighted by molar-refractivity contribution is -0.384. The second-order valence-corrected chi connectivity index (χ2v) is 8.27. The van der Waals surface area contributed by atoms with Crippen LogP contribution in [-0.2, 0) is 5.41 Å². The summed E-state index contributed by atoms with van der Waals surface area (Å²) >= 11 is 0. The van der Waals surface area contributed by atoms with Gasteiger partial charge < -0.3 is 5.11 Å². The molecule has 0 aromatic heterocycles. The first-order valence-electron chi connectivity index (χ1n) is 8.48. The Bertz CT molecular complexity index is 836. The number of phenols is 1. The van der Waals surface area contributed by atoms with Gasteiger partial charge in [0.25, 0.3) is 5.69 Å². The van der Waals surface area contributed by atoms with Gasteiger partial charge in [0.15, 0.2) is 5.69 Å². The summed E-state index contributed by atoms with van der Waals surface area (Å²) in [6, 6.07) is 11.2. The van der Waals surface area contributed by atoms with Gasteiger partial charge in [-0.15, -0.1) is 5.11 Å². The molecule has 0 amide bonds. The average Bonchev–Trinajstić information content (AvgIpc) is 2.51. The summed E-state index contributed by atoms with van der Waals surface area (Å²) < 4.78 is 0. The molecule has 0 unspecified atom stereocenters. The summed E-state index contributed by atoms with van der Waals surface area (Å²) in [5.41, 5.74) is 1.26. The lowest BCUT2D eigenvalue weighted by atomic mass is 9.72. The van der Waals surface area contributed by atoms with Gasteiger partial charge in [0, 0.05) is 11.6 Å². The van der Waals surface area contributed by atoms with Gasteiger partial charge in [0.05, 0.1) is 10.6 Å². The van der Waals surface area contributed by atoms with Gasteiger partial charge in [-0.3, -0.25) is 10.1 Å². The van der Waals surface area contributed by atoms with Crippen LogP contribution in [0, 0.1) is 15.5 Å². The first-order valence-corrected chi connectivity index (χ1v) is 8.48. The average molecular weight is 355 g/mol. The summed E-state index contributed by atoms with van der Waals surface area (Å²) in [6.45, 7) is 10.6. The molecule has 6 heteroatoms. The predicted octanol–water partition coefficient (Wildman–Crippen LogP) is 6.43. The van der Waals surface area contributed by atoms with Crippen molar-refractivity contribution in [1.82, 2.24) is 0 Å². The van der Waals surface area contributed by atoms with E-state index in [1.54, 1.807) is 36.4 Å². The fraction of sp³-hybridized carbons (Fsp3) is 0.400. The molecule has 0 aliphatic carbocycles. The largest absolute Gasteiger partial charge is 0.508 e. The van der Waals surface area contributed by atoms with Crippen LogP contribution < -0.4 is 0 Å². The van der Waals surface area contributed by atoms with Crippen molar-refractivity contribution in [3.05, 3.63) is 58.1 Å². The van der Waals surface area contributed by atoms with Gasteiger partial charge in [0.1, 0.15) is 5.75 Å². The van der Waals surface area contributed by atoms with Crippen molar-refractivity contribution < 1.29 is 10.0 Å². The summed E-state index contributed by atoms with van der Waals surface area (Å²) in [4.78, 5) is 10.6. The van der Waals surface area contributed by atoms with Gasteiger partial charge in [0.2, 0.25) is 0 Å². The van der Waals surface area contributed by atoms with Crippen LogP contribution in [0.25, 0.3) is 0 Å². The predicted molar refractivity (Wildman–Crippen MR) is 102 cm³/mol. The number of benzene rings is 2. The van der Waals surface area contributed by atoms with E-state index in [0.717, 1.165) is 12.0 Å². The molecule has 0 saturated carbocycles. The molecule has 0 bridgehead atoms. The van der Waals surface area contributed by atoms with Gasteiger partial charge in [-0.05, 0) is 41.5 Å². The first-order chi connectivity index (χ1) is 12.0. The molecular weight excluding hydrogens is 330 g/mol. The maximum Gasteiger partial charge on any atom is 0.296 e.